The Morgan fingerprint density at radius 2 is 1.70 bits per heavy atom. The van der Waals surface area contributed by atoms with Gasteiger partial charge in [-0.15, -0.1) is 0 Å². The molecule has 7 atom stereocenters. The Kier molecular flexibility index (Phi) is 18.1. The zero-order chi connectivity index (χ0) is 50.1. The van der Waals surface area contributed by atoms with E-state index in [2.05, 4.69) is 5.32 Å². The van der Waals surface area contributed by atoms with Gasteiger partial charge < -0.3 is 48.5 Å². The number of nitrogens with one attached hydrogen (secondary N) is 1. The van der Waals surface area contributed by atoms with Gasteiger partial charge in [-0.2, -0.15) is 0 Å². The van der Waals surface area contributed by atoms with E-state index in [1.165, 1.54) is 37.1 Å². The highest BCUT2D eigenvalue weighted by molar-refractivity contribution is 6.17. The largest absolute Gasteiger partial charge is 0.505 e. The summed E-state index contributed by atoms with van der Waals surface area (Å²) >= 11 is 0. The van der Waals surface area contributed by atoms with Gasteiger partial charge in [-0.25, -0.2) is 4.98 Å². The molecule has 3 aliphatic heterocycles. The predicted octanol–water partition coefficient (Wildman–Crippen LogP) is 7.93. The molecule has 6 bridgehead atoms. The van der Waals surface area contributed by atoms with Crippen molar-refractivity contribution in [2.45, 2.75) is 127 Å². The normalized spacial score (nSPS) is 25.1. The number of hydrogen-bond acceptors (Lipinski definition) is 14. The van der Waals surface area contributed by atoms with Crippen LogP contribution in [0.2, 0.25) is 0 Å². The number of benzene rings is 3. The number of anilines is 1. The maximum Gasteiger partial charge on any atom is 0.307 e. The third-order valence-electron chi connectivity index (χ3n) is 11.5. The minimum Gasteiger partial charge on any atom is -0.505 e. The Morgan fingerprint density at radius 1 is 1.01 bits per heavy atom. The van der Waals surface area contributed by atoms with Gasteiger partial charge in [0.25, 0.3) is 5.91 Å². The number of esters is 1. The minimum atomic E-state index is -1.85. The lowest BCUT2D eigenvalue weighted by molar-refractivity contribution is -0.162. The highest BCUT2D eigenvalue weighted by atomic mass is 16.7. The average molecular weight is 930 g/mol. The summed E-state index contributed by atoms with van der Waals surface area (Å²) in [6.07, 6.45) is 5.94. The molecule has 364 valence electrons. The zero-order valence-corrected chi connectivity index (χ0v) is 41.2. The summed E-state index contributed by atoms with van der Waals surface area (Å²) in [6.45, 7) is 23.8. The van der Waals surface area contributed by atoms with E-state index in [9.17, 15) is 29.4 Å². The van der Waals surface area contributed by atoms with Crippen LogP contribution in [0.4, 0.5) is 5.69 Å². The van der Waals surface area contributed by atoms with Crippen LogP contribution in [-0.4, -0.2) is 82.7 Å². The van der Waals surface area contributed by atoms with Crippen molar-refractivity contribution >= 4 is 62.7 Å². The number of aliphatic hydroxyl groups excluding tert-OH is 2. The number of nitrogens with zero attached hydrogens (tertiary/aromatic N) is 2. The number of amides is 2. The van der Waals surface area contributed by atoms with Crippen LogP contribution in [-0.2, 0) is 23.9 Å². The second-order valence-corrected chi connectivity index (χ2v) is 16.3. The topological polar surface area (TPSA) is 213 Å². The number of hydrogen-bond donors (Lipinski definition) is 3. The quantitative estimate of drug-likeness (QED) is 0.0725. The van der Waals surface area contributed by atoms with Crippen molar-refractivity contribution in [1.82, 2.24) is 9.88 Å². The molecule has 3 N–H and O–H groups in total. The molecule has 16 heteroatoms. The van der Waals surface area contributed by atoms with Gasteiger partial charge in [0.15, 0.2) is 28.5 Å². The summed E-state index contributed by atoms with van der Waals surface area (Å²) in [5, 5.41) is 26.9. The molecule has 3 aromatic carbocycles. The van der Waals surface area contributed by atoms with E-state index in [-0.39, 0.29) is 97.8 Å². The molecule has 4 heterocycles. The standard InChI is InChI=1S/C45H49N3O13.3C2H6/c1-21-11-9-12-23(3)44(55)47-35-37(53)31-30(34-41(35)59-29-19-27(18-28(51)33(29)46-34)56-16-14-48(8)20-49)32-40-25(5)39(31)60-42(36(52)24(4)17-21)38(58-26(6)50)22(2)13-10-15-57-45(7,61-40)43(32)54;3*1-2/h9-12,15,18-22,24,36,38,42,52,54H,13-14,16-17H2,1-8H3,(H,47,55);3*1-2H3/b11-9+,15-10+,23-12-;;;/t21?,22-,24-,36-,38?,42?,45+;;;/m1.../s1. The van der Waals surface area contributed by atoms with E-state index in [1.54, 1.807) is 39.1 Å². The van der Waals surface area contributed by atoms with Crippen LogP contribution in [0.15, 0.2) is 62.3 Å². The Hall–Kier alpha value is -6.42. The predicted molar refractivity (Wildman–Crippen MR) is 259 cm³/mol. The Bertz CT molecular complexity index is 2740. The molecule has 0 aliphatic carbocycles. The van der Waals surface area contributed by atoms with Crippen LogP contribution < -0.4 is 35.6 Å². The molecule has 16 nitrogen and oxygen atoms in total. The molecule has 3 unspecified atom stereocenters. The van der Waals surface area contributed by atoms with Gasteiger partial charge in [-0.05, 0) is 44.6 Å². The molecular formula is C51H67N3O13. The molecule has 0 spiro atoms. The lowest BCUT2D eigenvalue weighted by atomic mass is 9.84. The lowest BCUT2D eigenvalue weighted by Gasteiger charge is -2.37. The summed E-state index contributed by atoms with van der Waals surface area (Å²) < 4.78 is 37.5. The van der Waals surface area contributed by atoms with Crippen LogP contribution in [0.5, 0.6) is 17.2 Å². The van der Waals surface area contributed by atoms with Crippen LogP contribution in [0.25, 0.3) is 38.7 Å². The highest BCUT2D eigenvalue weighted by Crippen LogP contribution is 2.44. The number of aliphatic hydroxyl groups is 2. The number of carbonyl (C=O) groups excluding carboxylic acids is 3. The van der Waals surface area contributed by atoms with Gasteiger partial charge in [0.1, 0.15) is 41.2 Å². The molecule has 3 aliphatic rings. The van der Waals surface area contributed by atoms with E-state index in [0.29, 0.717) is 12.8 Å². The first-order valence-electron chi connectivity index (χ1n) is 23.1. The third kappa shape index (κ3) is 10.9. The van der Waals surface area contributed by atoms with E-state index < -0.39 is 64.4 Å². The number of ether oxygens (including phenoxy) is 5. The van der Waals surface area contributed by atoms with E-state index in [0.717, 1.165) is 0 Å². The van der Waals surface area contributed by atoms with Gasteiger partial charge >= 0.3 is 11.8 Å². The van der Waals surface area contributed by atoms with Crippen molar-refractivity contribution in [3.63, 3.8) is 0 Å². The first-order valence-corrected chi connectivity index (χ1v) is 23.1. The smallest absolute Gasteiger partial charge is 0.307 e. The number of aromatic nitrogens is 1. The van der Waals surface area contributed by atoms with Crippen molar-refractivity contribution in [2.75, 3.05) is 25.5 Å². The Morgan fingerprint density at radius 3 is 2.36 bits per heavy atom. The molecule has 0 radical (unpaired) electrons. The number of fused-ring (bicyclic) bond motifs is 8. The summed E-state index contributed by atoms with van der Waals surface area (Å²) in [7, 11) is 1.57. The fraction of sp³-hybridized carbons (Fsp3) is 0.490. The summed E-state index contributed by atoms with van der Waals surface area (Å²) in [5.41, 5.74) is -2.06. The van der Waals surface area contributed by atoms with Crippen LogP contribution in [0.1, 0.15) is 101 Å². The summed E-state index contributed by atoms with van der Waals surface area (Å²) in [4.78, 5) is 73.1. The maximum absolute atomic E-state index is 15.4. The van der Waals surface area contributed by atoms with Crippen LogP contribution in [0, 0.1) is 24.7 Å². The summed E-state index contributed by atoms with van der Waals surface area (Å²) in [6, 6.07) is 2.60. The van der Waals surface area contributed by atoms with Gasteiger partial charge in [-0.3, -0.25) is 24.0 Å². The first kappa shape index (κ1) is 53.2. The molecule has 0 fully saturated rings. The zero-order valence-electron chi connectivity index (χ0n) is 41.2. The van der Waals surface area contributed by atoms with Gasteiger partial charge in [0.05, 0.1) is 29.5 Å². The van der Waals surface area contributed by atoms with Crippen molar-refractivity contribution in [3.8, 4) is 17.2 Å². The number of carbonyl (C=O) groups is 3. The van der Waals surface area contributed by atoms with Crippen molar-refractivity contribution in [2.24, 2.45) is 17.8 Å². The highest BCUT2D eigenvalue weighted by Gasteiger charge is 2.46. The fourth-order valence-electron chi connectivity index (χ4n) is 8.08. The molecule has 4 aromatic rings. The van der Waals surface area contributed by atoms with Crippen LogP contribution >= 0.6 is 0 Å². The van der Waals surface area contributed by atoms with Crippen molar-refractivity contribution in [1.29, 1.82) is 0 Å². The van der Waals surface area contributed by atoms with Gasteiger partial charge in [0.2, 0.25) is 17.3 Å². The Balaban J connectivity index is 0.00000157. The van der Waals surface area contributed by atoms with Crippen molar-refractivity contribution in [3.05, 3.63) is 79.5 Å². The number of allylic oxidation sites excluding steroid dienone is 4. The average Bonchev–Trinajstić information content (AvgIpc) is 3.58. The summed E-state index contributed by atoms with van der Waals surface area (Å²) in [5.74, 6) is -4.60. The molecule has 7 rings (SSSR count). The maximum atomic E-state index is 15.4. The number of rotatable bonds is 6. The van der Waals surface area contributed by atoms with E-state index >= 15 is 4.79 Å². The van der Waals surface area contributed by atoms with Crippen LogP contribution in [0.3, 0.4) is 0 Å². The molecule has 0 saturated heterocycles. The molecular weight excluding hydrogens is 863 g/mol. The molecule has 67 heavy (non-hydrogen) atoms. The monoisotopic (exact) mass is 929 g/mol. The van der Waals surface area contributed by atoms with E-state index in [1.807, 2.05) is 68.4 Å². The first-order chi connectivity index (χ1) is 31.9. The minimum absolute atomic E-state index is 0.0126. The van der Waals surface area contributed by atoms with Crippen molar-refractivity contribution < 1.29 is 52.7 Å². The second kappa shape index (κ2) is 22.9. The van der Waals surface area contributed by atoms with Gasteiger partial charge in [0, 0.05) is 55.5 Å². The molecule has 1 aromatic heterocycles. The number of likely N-dealkylation sites (N-methyl/N-ethyl adjacent to an activating group) is 1. The van der Waals surface area contributed by atoms with E-state index in [4.69, 9.17) is 33.1 Å². The SMILES string of the molecule is CC.CC.CC.CC(=O)OC1C2Oc3c(C)c4c(c5c3c(=O)c(c3oc6cc(OCCN(C)C=O)cc(=O)c6nc35)NC(=O)/C(C)=C\C=C\C(C)C[C@@H](C)[C@H]2O)=C(O)[C@@](C)(O/C=C/C[C@H]1C)O4. The van der Waals surface area contributed by atoms with Gasteiger partial charge in [-0.1, -0.05) is 80.5 Å². The third-order valence-corrected chi connectivity index (χ3v) is 11.5. The second-order valence-electron chi connectivity index (χ2n) is 16.3. The molecule has 2 amide bonds. The molecule has 0 saturated carbocycles. The Labute approximate surface area is 391 Å². The fourth-order valence-corrected chi connectivity index (χ4v) is 8.08. The lowest BCUT2D eigenvalue weighted by Crippen LogP contribution is -2.50.